The quantitative estimate of drug-likeness (QED) is 0.480. The van der Waals surface area contributed by atoms with E-state index in [2.05, 4.69) is 12.0 Å². The van der Waals surface area contributed by atoms with E-state index in [1.54, 1.807) is 16.9 Å². The van der Waals surface area contributed by atoms with Crippen molar-refractivity contribution in [2.75, 3.05) is 24.1 Å². The minimum absolute atomic E-state index is 0.0321. The molecule has 9 heteroatoms. The van der Waals surface area contributed by atoms with E-state index >= 15 is 0 Å². The second kappa shape index (κ2) is 10.4. The average Bonchev–Trinajstić information content (AvgIpc) is 3.25. The summed E-state index contributed by atoms with van der Waals surface area (Å²) in [4.78, 5) is 12.5. The van der Waals surface area contributed by atoms with Crippen LogP contribution < -0.4 is 10.0 Å². The number of primary amides is 1. The first-order valence-corrected chi connectivity index (χ1v) is 13.6. The van der Waals surface area contributed by atoms with Gasteiger partial charge in [-0.1, -0.05) is 32.9 Å². The molecule has 2 N–H and O–H groups in total. The Morgan fingerprint density at radius 2 is 1.89 bits per heavy atom. The molecule has 1 aliphatic heterocycles. The molecule has 0 bridgehead atoms. The summed E-state index contributed by atoms with van der Waals surface area (Å²) in [7, 11) is -3.96. The molecule has 188 valence electrons. The highest BCUT2D eigenvalue weighted by Gasteiger charge is 2.29. The number of sulfonamides is 1. The molecule has 8 nitrogen and oxygen atoms in total. The van der Waals surface area contributed by atoms with Gasteiger partial charge >= 0.3 is 0 Å². The van der Waals surface area contributed by atoms with Gasteiger partial charge in [-0.15, -0.1) is 0 Å². The van der Waals surface area contributed by atoms with E-state index < -0.39 is 15.9 Å². The Morgan fingerprint density at radius 3 is 2.49 bits per heavy atom. The fourth-order valence-electron chi connectivity index (χ4n) is 4.55. The van der Waals surface area contributed by atoms with E-state index in [0.29, 0.717) is 48.8 Å². The van der Waals surface area contributed by atoms with Crippen molar-refractivity contribution < 1.29 is 17.9 Å². The van der Waals surface area contributed by atoms with Crippen molar-refractivity contribution in [3.05, 3.63) is 53.7 Å². The number of hydrogen-bond donors (Lipinski definition) is 1. The topological polar surface area (TPSA) is 108 Å². The third-order valence-electron chi connectivity index (χ3n) is 6.50. The van der Waals surface area contributed by atoms with Crippen molar-refractivity contribution in [1.82, 2.24) is 9.78 Å². The van der Waals surface area contributed by atoms with Crippen LogP contribution in [0, 0.1) is 11.8 Å². The Bertz CT molecular complexity index is 1290. The van der Waals surface area contributed by atoms with Gasteiger partial charge in [0.25, 0.3) is 15.9 Å². The molecule has 2 heterocycles. The number of rotatable bonds is 9. The minimum atomic E-state index is -3.96. The SMILES string of the molecule is CCc1ccc(N(CC(C)C)S(=O)(=O)c2cc(C(N)=O)c3c(cnn3CC3CCOCC3)c2)cc1. The number of amides is 1. The van der Waals surface area contributed by atoms with Gasteiger partial charge < -0.3 is 10.5 Å². The third kappa shape index (κ3) is 5.36. The van der Waals surface area contributed by atoms with Crippen LogP contribution in [0.3, 0.4) is 0 Å². The number of anilines is 1. The van der Waals surface area contributed by atoms with Crippen molar-refractivity contribution in [3.8, 4) is 0 Å². The summed E-state index contributed by atoms with van der Waals surface area (Å²) in [6, 6.07) is 10.5. The zero-order chi connectivity index (χ0) is 25.2. The maximum Gasteiger partial charge on any atom is 0.264 e. The molecule has 35 heavy (non-hydrogen) atoms. The minimum Gasteiger partial charge on any atom is -0.381 e. The molecule has 1 saturated heterocycles. The molecule has 0 atom stereocenters. The van der Waals surface area contributed by atoms with Crippen molar-refractivity contribution in [2.24, 2.45) is 17.6 Å². The molecule has 2 aromatic carbocycles. The number of carbonyl (C=O) groups is 1. The number of fused-ring (bicyclic) bond motifs is 1. The van der Waals surface area contributed by atoms with E-state index in [1.807, 2.05) is 38.1 Å². The summed E-state index contributed by atoms with van der Waals surface area (Å²) in [5.41, 5.74) is 8.20. The van der Waals surface area contributed by atoms with Gasteiger partial charge in [-0.05, 0) is 60.9 Å². The van der Waals surface area contributed by atoms with Crippen LogP contribution >= 0.6 is 0 Å². The van der Waals surface area contributed by atoms with Gasteiger partial charge in [-0.3, -0.25) is 13.8 Å². The van der Waals surface area contributed by atoms with Crippen molar-refractivity contribution >= 4 is 32.5 Å². The summed E-state index contributed by atoms with van der Waals surface area (Å²) in [5, 5.41) is 5.07. The number of carbonyl (C=O) groups excluding carboxylic acids is 1. The molecule has 0 aliphatic carbocycles. The summed E-state index contributed by atoms with van der Waals surface area (Å²) in [6.07, 6.45) is 4.32. The number of nitrogens with zero attached hydrogens (tertiary/aromatic N) is 3. The molecule has 0 radical (unpaired) electrons. The van der Waals surface area contributed by atoms with E-state index in [-0.39, 0.29) is 16.4 Å². The maximum atomic E-state index is 13.9. The molecule has 1 aromatic heterocycles. The molecular formula is C26H34N4O4S. The fourth-order valence-corrected chi connectivity index (χ4v) is 6.24. The molecule has 1 amide bonds. The predicted molar refractivity (Wildman–Crippen MR) is 137 cm³/mol. The zero-order valence-corrected chi connectivity index (χ0v) is 21.4. The van der Waals surface area contributed by atoms with E-state index in [9.17, 15) is 13.2 Å². The van der Waals surface area contributed by atoms with E-state index in [0.717, 1.165) is 24.8 Å². The summed E-state index contributed by atoms with van der Waals surface area (Å²) in [5.74, 6) is -0.204. The molecule has 4 rings (SSSR count). The van der Waals surface area contributed by atoms with Gasteiger partial charge in [-0.2, -0.15) is 5.10 Å². The third-order valence-corrected chi connectivity index (χ3v) is 8.27. The van der Waals surface area contributed by atoms with Crippen molar-refractivity contribution in [3.63, 3.8) is 0 Å². The van der Waals surface area contributed by atoms with E-state index in [1.165, 1.54) is 10.4 Å². The predicted octanol–water partition coefficient (Wildman–Crippen LogP) is 3.98. The van der Waals surface area contributed by atoms with Gasteiger partial charge in [0.1, 0.15) is 0 Å². The van der Waals surface area contributed by atoms with Crippen LogP contribution in [0.4, 0.5) is 5.69 Å². The van der Waals surface area contributed by atoms with Crippen LogP contribution in [0.1, 0.15) is 49.5 Å². The van der Waals surface area contributed by atoms with Crippen LogP contribution in [0.15, 0.2) is 47.5 Å². The lowest BCUT2D eigenvalue weighted by molar-refractivity contribution is 0.0605. The summed E-state index contributed by atoms with van der Waals surface area (Å²) >= 11 is 0. The second-order valence-corrected chi connectivity index (χ2v) is 11.5. The highest BCUT2D eigenvalue weighted by molar-refractivity contribution is 7.92. The Kier molecular flexibility index (Phi) is 7.47. The first kappa shape index (κ1) is 25.2. The first-order valence-electron chi connectivity index (χ1n) is 12.2. The van der Waals surface area contributed by atoms with Crippen LogP contribution in [-0.2, 0) is 27.7 Å². The molecule has 1 fully saturated rings. The average molecular weight is 499 g/mol. The van der Waals surface area contributed by atoms with E-state index in [4.69, 9.17) is 10.5 Å². The normalized spacial score (nSPS) is 15.1. The zero-order valence-electron chi connectivity index (χ0n) is 20.6. The van der Waals surface area contributed by atoms with Crippen LogP contribution in [0.5, 0.6) is 0 Å². The lowest BCUT2D eigenvalue weighted by atomic mass is 10.0. The molecule has 3 aromatic rings. The number of hydrogen-bond acceptors (Lipinski definition) is 5. The maximum absolute atomic E-state index is 13.9. The van der Waals surface area contributed by atoms with Gasteiger partial charge in [0, 0.05) is 31.7 Å². The molecular weight excluding hydrogens is 464 g/mol. The Labute approximate surface area is 207 Å². The highest BCUT2D eigenvalue weighted by atomic mass is 32.2. The lowest BCUT2D eigenvalue weighted by Gasteiger charge is -2.27. The first-order chi connectivity index (χ1) is 16.7. The number of aromatic nitrogens is 2. The monoisotopic (exact) mass is 498 g/mol. The largest absolute Gasteiger partial charge is 0.381 e. The molecule has 1 aliphatic rings. The fraction of sp³-hybridized carbons (Fsp3) is 0.462. The summed E-state index contributed by atoms with van der Waals surface area (Å²) in [6.45, 7) is 8.35. The Hall–Kier alpha value is -2.91. The number of nitrogens with two attached hydrogens (primary N) is 1. The van der Waals surface area contributed by atoms with Gasteiger partial charge in [-0.25, -0.2) is 8.42 Å². The van der Waals surface area contributed by atoms with Crippen LogP contribution in [0.25, 0.3) is 10.9 Å². The highest BCUT2D eigenvalue weighted by Crippen LogP contribution is 2.30. The molecule has 0 unspecified atom stereocenters. The number of aryl methyl sites for hydroxylation is 1. The number of ether oxygens (including phenoxy) is 1. The Morgan fingerprint density at radius 1 is 1.20 bits per heavy atom. The molecule has 0 spiro atoms. The van der Waals surface area contributed by atoms with Crippen LogP contribution in [0.2, 0.25) is 0 Å². The smallest absolute Gasteiger partial charge is 0.264 e. The van der Waals surface area contributed by atoms with Gasteiger partial charge in [0.2, 0.25) is 0 Å². The van der Waals surface area contributed by atoms with Crippen molar-refractivity contribution in [1.29, 1.82) is 0 Å². The van der Waals surface area contributed by atoms with Crippen molar-refractivity contribution in [2.45, 2.75) is 51.5 Å². The van der Waals surface area contributed by atoms with Gasteiger partial charge in [0.15, 0.2) is 0 Å². The summed E-state index contributed by atoms with van der Waals surface area (Å²) < 4.78 is 36.4. The Balaban J connectivity index is 1.78. The standard InChI is InChI=1S/C26H34N4O4S/c1-4-19-5-7-22(8-6-19)30(16-18(2)3)35(32,33)23-13-21-15-28-29(17-20-9-11-34-12-10-20)25(21)24(14-23)26(27)31/h5-8,13-15,18,20H,4,9-12,16-17H2,1-3H3,(H2,27,31). The van der Waals surface area contributed by atoms with Gasteiger partial charge in [0.05, 0.1) is 27.9 Å². The van der Waals surface area contributed by atoms with Crippen LogP contribution in [-0.4, -0.2) is 43.9 Å². The lowest BCUT2D eigenvalue weighted by Crippen LogP contribution is -2.34. The second-order valence-electron chi connectivity index (χ2n) is 9.61. The molecule has 0 saturated carbocycles. The number of benzene rings is 2.